The fourth-order valence-electron chi connectivity index (χ4n) is 1.36. The summed E-state index contributed by atoms with van der Waals surface area (Å²) in [6, 6.07) is 2.90. The third-order valence-electron chi connectivity index (χ3n) is 2.33. The van der Waals surface area contributed by atoms with Crippen LogP contribution in [0.4, 0.5) is 0 Å². The maximum Gasteiger partial charge on any atom is 0.242 e. The average Bonchev–Trinajstić information content (AvgIpc) is 2.28. The van der Waals surface area contributed by atoms with Crippen LogP contribution in [0.25, 0.3) is 0 Å². The van der Waals surface area contributed by atoms with Crippen LogP contribution >= 0.6 is 11.6 Å². The second kappa shape index (κ2) is 7.04. The van der Waals surface area contributed by atoms with Gasteiger partial charge in [-0.05, 0) is 45.6 Å². The fraction of sp³-hybridized carbons (Fsp3) is 0.545. The van der Waals surface area contributed by atoms with Crippen molar-refractivity contribution in [2.75, 3.05) is 27.2 Å². The smallest absolute Gasteiger partial charge is 0.242 e. The van der Waals surface area contributed by atoms with Gasteiger partial charge in [0.25, 0.3) is 0 Å². The number of aromatic nitrogens is 1. The molecule has 18 heavy (non-hydrogen) atoms. The van der Waals surface area contributed by atoms with Gasteiger partial charge in [-0.3, -0.25) is 0 Å². The molecule has 0 aliphatic rings. The molecule has 1 aromatic rings. The van der Waals surface area contributed by atoms with Crippen LogP contribution in [-0.4, -0.2) is 45.5 Å². The minimum absolute atomic E-state index is 0.138. The molecular weight excluding hydrogens is 274 g/mol. The van der Waals surface area contributed by atoms with Crippen LogP contribution in [-0.2, 0) is 10.0 Å². The number of rotatable bonds is 7. The first-order chi connectivity index (χ1) is 8.42. The molecule has 0 fully saturated rings. The zero-order valence-corrected chi connectivity index (χ0v) is 12.1. The Kier molecular flexibility index (Phi) is 6.01. The van der Waals surface area contributed by atoms with Gasteiger partial charge in [0.2, 0.25) is 10.0 Å². The second-order valence-electron chi connectivity index (χ2n) is 4.22. The van der Waals surface area contributed by atoms with E-state index in [1.165, 1.54) is 18.3 Å². The Morgan fingerprint density at radius 1 is 1.33 bits per heavy atom. The number of hydrogen-bond donors (Lipinski definition) is 1. The van der Waals surface area contributed by atoms with E-state index in [4.69, 9.17) is 11.6 Å². The zero-order chi connectivity index (χ0) is 13.6. The van der Waals surface area contributed by atoms with Gasteiger partial charge >= 0.3 is 0 Å². The number of halogens is 1. The van der Waals surface area contributed by atoms with Crippen LogP contribution in [0, 0.1) is 0 Å². The molecule has 1 heterocycles. The van der Waals surface area contributed by atoms with Gasteiger partial charge < -0.3 is 4.90 Å². The van der Waals surface area contributed by atoms with Crippen LogP contribution in [0.15, 0.2) is 23.2 Å². The molecule has 0 spiro atoms. The van der Waals surface area contributed by atoms with E-state index >= 15 is 0 Å². The third-order valence-corrected chi connectivity index (χ3v) is 4.00. The molecule has 0 aliphatic heterocycles. The predicted molar refractivity (Wildman–Crippen MR) is 72.2 cm³/mol. The van der Waals surface area contributed by atoms with Gasteiger partial charge in [-0.15, -0.1) is 0 Å². The van der Waals surface area contributed by atoms with E-state index in [2.05, 4.69) is 14.6 Å². The SMILES string of the molecule is CN(C)CCCCNS(=O)(=O)c1ccc(Cl)nc1. The highest BCUT2D eigenvalue weighted by molar-refractivity contribution is 7.89. The van der Waals surface area contributed by atoms with E-state index < -0.39 is 10.0 Å². The maximum atomic E-state index is 11.8. The Morgan fingerprint density at radius 3 is 2.61 bits per heavy atom. The van der Waals surface area contributed by atoms with Crippen molar-refractivity contribution in [2.24, 2.45) is 0 Å². The van der Waals surface area contributed by atoms with Crippen LogP contribution in [0.5, 0.6) is 0 Å². The summed E-state index contributed by atoms with van der Waals surface area (Å²) in [5.41, 5.74) is 0. The maximum absolute atomic E-state index is 11.8. The van der Waals surface area contributed by atoms with E-state index in [0.717, 1.165) is 19.4 Å². The minimum Gasteiger partial charge on any atom is -0.309 e. The summed E-state index contributed by atoms with van der Waals surface area (Å²) in [4.78, 5) is 5.96. The van der Waals surface area contributed by atoms with Crippen molar-refractivity contribution in [2.45, 2.75) is 17.7 Å². The topological polar surface area (TPSA) is 62.3 Å². The van der Waals surface area contributed by atoms with E-state index in [1.54, 1.807) is 0 Å². The molecular formula is C11H18ClN3O2S. The van der Waals surface area contributed by atoms with Crippen molar-refractivity contribution in [3.63, 3.8) is 0 Å². The molecule has 1 aromatic heterocycles. The lowest BCUT2D eigenvalue weighted by Gasteiger charge is -2.09. The number of nitrogens with one attached hydrogen (secondary N) is 1. The van der Waals surface area contributed by atoms with Crippen molar-refractivity contribution >= 4 is 21.6 Å². The summed E-state index contributed by atoms with van der Waals surface area (Å²) >= 11 is 5.61. The fourth-order valence-corrected chi connectivity index (χ4v) is 2.49. The van der Waals surface area contributed by atoms with E-state index in [0.29, 0.717) is 6.54 Å². The number of pyridine rings is 1. The van der Waals surface area contributed by atoms with Crippen LogP contribution in [0.2, 0.25) is 5.15 Å². The first-order valence-corrected chi connectivity index (χ1v) is 7.54. The highest BCUT2D eigenvalue weighted by Crippen LogP contribution is 2.10. The lowest BCUT2D eigenvalue weighted by molar-refractivity contribution is 0.394. The average molecular weight is 292 g/mol. The normalized spacial score (nSPS) is 12.0. The molecule has 0 saturated heterocycles. The Hall–Kier alpha value is -0.690. The molecule has 1 rings (SSSR count). The van der Waals surface area contributed by atoms with E-state index in [1.807, 2.05) is 14.1 Å². The summed E-state index contributed by atoms with van der Waals surface area (Å²) in [5.74, 6) is 0. The van der Waals surface area contributed by atoms with Gasteiger partial charge in [0.15, 0.2) is 0 Å². The van der Waals surface area contributed by atoms with Gasteiger partial charge in [0.1, 0.15) is 10.0 Å². The molecule has 0 unspecified atom stereocenters. The second-order valence-corrected chi connectivity index (χ2v) is 6.38. The first-order valence-electron chi connectivity index (χ1n) is 5.68. The highest BCUT2D eigenvalue weighted by Gasteiger charge is 2.13. The van der Waals surface area contributed by atoms with Crippen LogP contribution < -0.4 is 4.72 Å². The zero-order valence-electron chi connectivity index (χ0n) is 10.6. The van der Waals surface area contributed by atoms with Gasteiger partial charge in [-0.1, -0.05) is 11.6 Å². The van der Waals surface area contributed by atoms with Gasteiger partial charge in [-0.2, -0.15) is 0 Å². The van der Waals surface area contributed by atoms with Crippen molar-refractivity contribution in [1.29, 1.82) is 0 Å². The van der Waals surface area contributed by atoms with Crippen molar-refractivity contribution in [3.05, 3.63) is 23.5 Å². The quantitative estimate of drug-likeness (QED) is 0.608. The van der Waals surface area contributed by atoms with Crippen LogP contribution in [0.1, 0.15) is 12.8 Å². The third kappa shape index (κ3) is 5.30. The number of sulfonamides is 1. The first kappa shape index (κ1) is 15.4. The molecule has 0 atom stereocenters. The summed E-state index contributed by atoms with van der Waals surface area (Å²) in [5, 5.41) is 0.278. The molecule has 7 heteroatoms. The van der Waals surface area contributed by atoms with Gasteiger partial charge in [-0.25, -0.2) is 18.1 Å². The molecule has 102 valence electrons. The Bertz CT molecular complexity index is 460. The summed E-state index contributed by atoms with van der Waals surface area (Å²) in [7, 11) is 0.517. The number of hydrogen-bond acceptors (Lipinski definition) is 4. The minimum atomic E-state index is -3.46. The van der Waals surface area contributed by atoms with Crippen molar-refractivity contribution in [1.82, 2.24) is 14.6 Å². The Morgan fingerprint density at radius 2 is 2.06 bits per heavy atom. The number of nitrogens with zero attached hydrogens (tertiary/aromatic N) is 2. The molecule has 0 saturated carbocycles. The highest BCUT2D eigenvalue weighted by atomic mass is 35.5. The standard InChI is InChI=1S/C11H18ClN3O2S/c1-15(2)8-4-3-7-14-18(16,17)10-5-6-11(12)13-9-10/h5-6,9,14H,3-4,7-8H2,1-2H3. The molecule has 0 aliphatic carbocycles. The lowest BCUT2D eigenvalue weighted by Crippen LogP contribution is -2.25. The summed E-state index contributed by atoms with van der Waals surface area (Å²) in [6.45, 7) is 1.38. The monoisotopic (exact) mass is 291 g/mol. The molecule has 0 amide bonds. The molecule has 0 bridgehead atoms. The number of unbranched alkanes of at least 4 members (excludes halogenated alkanes) is 1. The molecule has 0 aromatic carbocycles. The molecule has 0 radical (unpaired) electrons. The van der Waals surface area contributed by atoms with E-state index in [9.17, 15) is 8.42 Å². The molecule has 5 nitrogen and oxygen atoms in total. The van der Waals surface area contributed by atoms with Gasteiger partial charge in [0.05, 0.1) is 0 Å². The van der Waals surface area contributed by atoms with Gasteiger partial charge in [0, 0.05) is 12.7 Å². The lowest BCUT2D eigenvalue weighted by atomic mass is 10.3. The van der Waals surface area contributed by atoms with Crippen LogP contribution in [0.3, 0.4) is 0 Å². The molecule has 1 N–H and O–H groups in total. The van der Waals surface area contributed by atoms with Crippen molar-refractivity contribution < 1.29 is 8.42 Å². The largest absolute Gasteiger partial charge is 0.309 e. The van der Waals surface area contributed by atoms with E-state index in [-0.39, 0.29) is 10.0 Å². The summed E-state index contributed by atoms with van der Waals surface area (Å²) in [6.07, 6.45) is 3.01. The Balaban J connectivity index is 2.43. The Labute approximate surface area is 113 Å². The van der Waals surface area contributed by atoms with Crippen molar-refractivity contribution in [3.8, 4) is 0 Å². The summed E-state index contributed by atoms with van der Waals surface area (Å²) < 4.78 is 26.2. The predicted octanol–water partition coefficient (Wildman–Crippen LogP) is 1.36.